The van der Waals surface area contributed by atoms with Crippen molar-refractivity contribution in [2.45, 2.75) is 25.3 Å². The van der Waals surface area contributed by atoms with Crippen LogP contribution in [0.25, 0.3) is 11.0 Å². The smallest absolute Gasteiger partial charge is 0.227 e. The van der Waals surface area contributed by atoms with Gasteiger partial charge >= 0.3 is 0 Å². The monoisotopic (exact) mass is 380 g/mol. The summed E-state index contributed by atoms with van der Waals surface area (Å²) in [5.74, 6) is 0.462. The molecule has 1 atom stereocenters. The van der Waals surface area contributed by atoms with Gasteiger partial charge in [0.2, 0.25) is 5.91 Å². The molecule has 0 N–H and O–H groups in total. The van der Waals surface area contributed by atoms with Crippen LogP contribution >= 0.6 is 0 Å². The van der Waals surface area contributed by atoms with Crippen LogP contribution in [0.3, 0.4) is 0 Å². The van der Waals surface area contributed by atoms with Crippen molar-refractivity contribution in [2.75, 3.05) is 32.1 Å². The standard InChI is InChI=1S/C22H25FN4O/c1-25(2)12-7-13-26-20-11-6-4-9-18(20)24-22(26)16-14-21(28)27(15-16)19-10-5-3-8-17(19)23/h3-6,8-11,16H,7,12-15H2,1-2H3/t16-/m0/s1. The van der Waals surface area contributed by atoms with Gasteiger partial charge in [-0.25, -0.2) is 9.37 Å². The van der Waals surface area contributed by atoms with Gasteiger partial charge in [0.05, 0.1) is 16.7 Å². The average Bonchev–Trinajstić information content (AvgIpc) is 3.23. The van der Waals surface area contributed by atoms with E-state index in [-0.39, 0.29) is 17.6 Å². The topological polar surface area (TPSA) is 41.4 Å². The number of benzene rings is 2. The van der Waals surface area contributed by atoms with E-state index in [1.54, 1.807) is 23.1 Å². The second-order valence-electron chi connectivity index (χ2n) is 7.62. The average molecular weight is 380 g/mol. The van der Waals surface area contributed by atoms with Crippen molar-refractivity contribution < 1.29 is 9.18 Å². The number of carbonyl (C=O) groups is 1. The van der Waals surface area contributed by atoms with Crippen LogP contribution in [-0.2, 0) is 11.3 Å². The molecule has 1 amide bonds. The summed E-state index contributed by atoms with van der Waals surface area (Å²) in [5.41, 5.74) is 2.39. The number of imidazole rings is 1. The molecule has 0 unspecified atom stereocenters. The summed E-state index contributed by atoms with van der Waals surface area (Å²) in [6.07, 6.45) is 1.35. The molecule has 1 aliphatic heterocycles. The minimum atomic E-state index is -0.365. The van der Waals surface area contributed by atoms with Gasteiger partial charge in [-0.2, -0.15) is 0 Å². The largest absolute Gasteiger partial charge is 0.328 e. The van der Waals surface area contributed by atoms with Crippen molar-refractivity contribution in [1.82, 2.24) is 14.5 Å². The summed E-state index contributed by atoms with van der Waals surface area (Å²) < 4.78 is 16.5. The molecule has 1 aromatic heterocycles. The van der Waals surface area contributed by atoms with Crippen LogP contribution in [0, 0.1) is 5.82 Å². The van der Waals surface area contributed by atoms with Crippen molar-refractivity contribution >= 4 is 22.6 Å². The van der Waals surface area contributed by atoms with Crippen molar-refractivity contribution in [1.29, 1.82) is 0 Å². The molecule has 1 aliphatic rings. The number of nitrogens with zero attached hydrogens (tertiary/aromatic N) is 4. The molecule has 146 valence electrons. The fourth-order valence-electron chi connectivity index (χ4n) is 3.97. The number of fused-ring (bicyclic) bond motifs is 1. The highest BCUT2D eigenvalue weighted by molar-refractivity contribution is 5.96. The Morgan fingerprint density at radius 1 is 1.14 bits per heavy atom. The molecule has 2 heterocycles. The Hall–Kier alpha value is -2.73. The first kappa shape index (κ1) is 18.6. The third kappa shape index (κ3) is 3.52. The zero-order valence-electron chi connectivity index (χ0n) is 16.3. The Kier molecular flexibility index (Phi) is 5.13. The van der Waals surface area contributed by atoms with Gasteiger partial charge < -0.3 is 14.4 Å². The van der Waals surface area contributed by atoms with Crippen molar-refractivity contribution in [2.24, 2.45) is 0 Å². The third-order valence-corrected chi connectivity index (χ3v) is 5.30. The number of halogens is 1. The molecule has 0 bridgehead atoms. The predicted octanol–water partition coefficient (Wildman–Crippen LogP) is 3.65. The van der Waals surface area contributed by atoms with Crippen LogP contribution < -0.4 is 4.90 Å². The van der Waals surface area contributed by atoms with E-state index in [9.17, 15) is 9.18 Å². The van der Waals surface area contributed by atoms with E-state index in [0.717, 1.165) is 36.4 Å². The normalized spacial score (nSPS) is 17.2. The van der Waals surface area contributed by atoms with Gasteiger partial charge in [-0.05, 0) is 51.3 Å². The minimum absolute atomic E-state index is 0.0427. The van der Waals surface area contributed by atoms with E-state index >= 15 is 0 Å². The van der Waals surface area contributed by atoms with E-state index < -0.39 is 0 Å². The number of aromatic nitrogens is 2. The van der Waals surface area contributed by atoms with E-state index in [2.05, 4.69) is 29.6 Å². The molecule has 6 heteroatoms. The van der Waals surface area contributed by atoms with Crippen LogP contribution in [0.15, 0.2) is 48.5 Å². The lowest BCUT2D eigenvalue weighted by molar-refractivity contribution is -0.117. The van der Waals surface area contributed by atoms with Gasteiger partial charge in [-0.1, -0.05) is 24.3 Å². The highest BCUT2D eigenvalue weighted by Gasteiger charge is 2.35. The molecule has 3 aromatic rings. The SMILES string of the molecule is CN(C)CCCn1c([C@H]2CC(=O)N(c3ccccc3F)C2)nc2ccccc21. The first-order valence-corrected chi connectivity index (χ1v) is 9.69. The summed E-state index contributed by atoms with van der Waals surface area (Å²) in [6.45, 7) is 2.28. The summed E-state index contributed by atoms with van der Waals surface area (Å²) in [5, 5.41) is 0. The van der Waals surface area contributed by atoms with Crippen LogP contribution in [0.1, 0.15) is 24.6 Å². The second-order valence-corrected chi connectivity index (χ2v) is 7.62. The van der Waals surface area contributed by atoms with Crippen molar-refractivity contribution in [3.63, 3.8) is 0 Å². The van der Waals surface area contributed by atoms with Gasteiger partial charge in [0.25, 0.3) is 0 Å². The van der Waals surface area contributed by atoms with Crippen molar-refractivity contribution in [3.8, 4) is 0 Å². The second kappa shape index (κ2) is 7.72. The number of para-hydroxylation sites is 3. The van der Waals surface area contributed by atoms with Crippen LogP contribution in [0.5, 0.6) is 0 Å². The number of hydrogen-bond donors (Lipinski definition) is 0. The number of rotatable bonds is 6. The zero-order chi connectivity index (χ0) is 19.7. The summed E-state index contributed by atoms with van der Waals surface area (Å²) >= 11 is 0. The van der Waals surface area contributed by atoms with Crippen LogP contribution in [-0.4, -0.2) is 47.5 Å². The number of carbonyl (C=O) groups excluding carboxylic acids is 1. The van der Waals surface area contributed by atoms with Crippen molar-refractivity contribution in [3.05, 3.63) is 60.2 Å². The fourth-order valence-corrected chi connectivity index (χ4v) is 3.97. The Bertz CT molecular complexity index is 997. The Labute approximate surface area is 164 Å². The molecular formula is C22H25FN4O. The van der Waals surface area contributed by atoms with Gasteiger partial charge in [0, 0.05) is 25.4 Å². The first-order valence-electron chi connectivity index (χ1n) is 9.69. The van der Waals surface area contributed by atoms with E-state index in [0.29, 0.717) is 18.7 Å². The molecule has 1 fully saturated rings. The van der Waals surface area contributed by atoms with Crippen LogP contribution in [0.2, 0.25) is 0 Å². The molecule has 2 aromatic carbocycles. The first-order chi connectivity index (χ1) is 13.5. The maximum atomic E-state index is 14.2. The summed E-state index contributed by atoms with van der Waals surface area (Å²) in [7, 11) is 4.13. The maximum absolute atomic E-state index is 14.2. The number of amides is 1. The highest BCUT2D eigenvalue weighted by atomic mass is 19.1. The lowest BCUT2D eigenvalue weighted by Gasteiger charge is -2.18. The van der Waals surface area contributed by atoms with E-state index in [4.69, 9.17) is 4.98 Å². The molecule has 1 saturated heterocycles. The molecular weight excluding hydrogens is 355 g/mol. The molecule has 5 nitrogen and oxygen atoms in total. The minimum Gasteiger partial charge on any atom is -0.328 e. The van der Waals surface area contributed by atoms with Crippen LogP contribution in [0.4, 0.5) is 10.1 Å². The number of anilines is 1. The molecule has 4 rings (SSSR count). The lowest BCUT2D eigenvalue weighted by atomic mass is 10.1. The third-order valence-electron chi connectivity index (χ3n) is 5.30. The van der Waals surface area contributed by atoms with Gasteiger partial charge in [0.1, 0.15) is 11.6 Å². The molecule has 0 spiro atoms. The Balaban J connectivity index is 1.65. The van der Waals surface area contributed by atoms with Gasteiger partial charge in [-0.3, -0.25) is 4.79 Å². The lowest BCUT2D eigenvalue weighted by Crippen LogP contribution is -2.25. The quantitative estimate of drug-likeness (QED) is 0.656. The number of hydrogen-bond acceptors (Lipinski definition) is 3. The molecule has 0 saturated carbocycles. The van der Waals surface area contributed by atoms with E-state index in [1.165, 1.54) is 6.07 Å². The van der Waals surface area contributed by atoms with E-state index in [1.807, 2.05) is 18.2 Å². The van der Waals surface area contributed by atoms with Gasteiger partial charge in [0.15, 0.2) is 0 Å². The predicted molar refractivity (Wildman–Crippen MR) is 109 cm³/mol. The molecule has 0 aliphatic carbocycles. The highest BCUT2D eigenvalue weighted by Crippen LogP contribution is 2.34. The summed E-state index contributed by atoms with van der Waals surface area (Å²) in [6, 6.07) is 14.5. The Morgan fingerprint density at radius 3 is 2.68 bits per heavy atom. The molecule has 0 radical (unpaired) electrons. The fraction of sp³-hybridized carbons (Fsp3) is 0.364. The zero-order valence-corrected chi connectivity index (χ0v) is 16.3. The maximum Gasteiger partial charge on any atom is 0.227 e. The Morgan fingerprint density at radius 2 is 1.89 bits per heavy atom. The summed E-state index contributed by atoms with van der Waals surface area (Å²) in [4.78, 5) is 21.2. The molecule has 28 heavy (non-hydrogen) atoms. The number of aryl methyl sites for hydroxylation is 1. The van der Waals surface area contributed by atoms with Gasteiger partial charge in [-0.15, -0.1) is 0 Å².